The van der Waals surface area contributed by atoms with E-state index in [1.165, 1.54) is 5.56 Å². The van der Waals surface area contributed by atoms with E-state index in [-0.39, 0.29) is 0 Å². The minimum atomic E-state index is 0.707. The van der Waals surface area contributed by atoms with Crippen molar-refractivity contribution < 1.29 is 9.47 Å². The predicted octanol–water partition coefficient (Wildman–Crippen LogP) is 3.41. The van der Waals surface area contributed by atoms with Crippen LogP contribution in [0.2, 0.25) is 0 Å². The first-order valence-electron chi connectivity index (χ1n) is 12.2. The summed E-state index contributed by atoms with van der Waals surface area (Å²) in [5, 5.41) is 4.57. The quantitative estimate of drug-likeness (QED) is 0.383. The van der Waals surface area contributed by atoms with Gasteiger partial charge in [-0.1, -0.05) is 18.2 Å². The fraction of sp³-hybridized carbons (Fsp3) is 0.333. The van der Waals surface area contributed by atoms with Crippen LogP contribution in [0.1, 0.15) is 11.4 Å². The van der Waals surface area contributed by atoms with E-state index in [1.54, 1.807) is 26.6 Å². The number of fused-ring (bicyclic) bond motifs is 1. The van der Waals surface area contributed by atoms with Gasteiger partial charge in [-0.25, -0.2) is 19.9 Å². The van der Waals surface area contributed by atoms with Crippen LogP contribution < -0.4 is 19.7 Å². The van der Waals surface area contributed by atoms with Gasteiger partial charge < -0.3 is 19.7 Å². The second-order valence-corrected chi connectivity index (χ2v) is 8.68. The molecule has 2 aromatic heterocycles. The fourth-order valence-corrected chi connectivity index (χ4v) is 4.45. The van der Waals surface area contributed by atoms with Gasteiger partial charge in [0.1, 0.15) is 11.6 Å². The zero-order chi connectivity index (χ0) is 24.7. The first kappa shape index (κ1) is 23.7. The van der Waals surface area contributed by atoms with E-state index >= 15 is 0 Å². The van der Waals surface area contributed by atoms with Crippen molar-refractivity contribution >= 4 is 22.7 Å². The van der Waals surface area contributed by atoms with Crippen LogP contribution in [0.15, 0.2) is 60.9 Å². The number of aromatic nitrogens is 4. The van der Waals surface area contributed by atoms with Crippen LogP contribution in [0.25, 0.3) is 10.9 Å². The molecule has 1 N–H and O–H groups in total. The van der Waals surface area contributed by atoms with Crippen LogP contribution in [-0.4, -0.2) is 71.8 Å². The van der Waals surface area contributed by atoms with E-state index in [9.17, 15) is 0 Å². The number of nitrogens with zero attached hydrogens (tertiary/aromatic N) is 6. The molecule has 3 heterocycles. The molecular weight excluding hydrogens is 454 g/mol. The van der Waals surface area contributed by atoms with E-state index in [4.69, 9.17) is 19.4 Å². The smallest absolute Gasteiger partial charge is 0.225 e. The molecule has 2 aromatic carbocycles. The number of hydrogen-bond acceptors (Lipinski definition) is 9. The van der Waals surface area contributed by atoms with Crippen molar-refractivity contribution in [2.45, 2.75) is 13.0 Å². The topological polar surface area (TPSA) is 88.5 Å². The molecule has 0 saturated carbocycles. The normalized spacial score (nSPS) is 14.1. The molecule has 0 radical (unpaired) electrons. The second kappa shape index (κ2) is 11.2. The van der Waals surface area contributed by atoms with Crippen LogP contribution in [0.3, 0.4) is 0 Å². The lowest BCUT2D eigenvalue weighted by Gasteiger charge is -2.34. The number of piperazine rings is 1. The highest BCUT2D eigenvalue weighted by atomic mass is 16.5. The summed E-state index contributed by atoms with van der Waals surface area (Å²) < 4.78 is 10.8. The van der Waals surface area contributed by atoms with Crippen molar-refractivity contribution in [3.63, 3.8) is 0 Å². The Hall–Kier alpha value is -3.98. The SMILES string of the molecule is COc1ccc(CCNc2nc(CN3CCN(c4ncccn4)CC3)nc3ccccc23)cc1OC. The number of rotatable bonds is 9. The van der Waals surface area contributed by atoms with Crippen LogP contribution in [0.5, 0.6) is 11.5 Å². The first-order chi connectivity index (χ1) is 17.7. The highest BCUT2D eigenvalue weighted by molar-refractivity contribution is 5.89. The molecule has 0 atom stereocenters. The van der Waals surface area contributed by atoms with E-state index in [0.717, 1.165) is 79.1 Å². The van der Waals surface area contributed by atoms with Gasteiger partial charge in [0.05, 0.1) is 26.3 Å². The molecule has 1 fully saturated rings. The van der Waals surface area contributed by atoms with Crippen LogP contribution in [0.4, 0.5) is 11.8 Å². The second-order valence-electron chi connectivity index (χ2n) is 8.68. The van der Waals surface area contributed by atoms with Crippen molar-refractivity contribution in [2.24, 2.45) is 0 Å². The van der Waals surface area contributed by atoms with Gasteiger partial charge in [0.2, 0.25) is 5.95 Å². The van der Waals surface area contributed by atoms with Crippen LogP contribution >= 0.6 is 0 Å². The van der Waals surface area contributed by atoms with E-state index in [1.807, 2.05) is 36.4 Å². The van der Waals surface area contributed by atoms with Gasteiger partial charge in [-0.05, 0) is 42.3 Å². The molecule has 9 nitrogen and oxygen atoms in total. The summed E-state index contributed by atoms with van der Waals surface area (Å²) in [6.07, 6.45) is 4.41. The Morgan fingerprint density at radius 3 is 2.42 bits per heavy atom. The molecule has 0 aliphatic carbocycles. The summed E-state index contributed by atoms with van der Waals surface area (Å²) >= 11 is 0. The number of anilines is 2. The molecule has 36 heavy (non-hydrogen) atoms. The monoisotopic (exact) mass is 485 g/mol. The maximum Gasteiger partial charge on any atom is 0.225 e. The largest absolute Gasteiger partial charge is 0.493 e. The third kappa shape index (κ3) is 5.46. The molecule has 186 valence electrons. The van der Waals surface area contributed by atoms with Gasteiger partial charge >= 0.3 is 0 Å². The summed E-state index contributed by atoms with van der Waals surface area (Å²) in [6, 6.07) is 16.0. The zero-order valence-corrected chi connectivity index (χ0v) is 20.7. The number of nitrogens with one attached hydrogen (secondary N) is 1. The van der Waals surface area contributed by atoms with Crippen LogP contribution in [-0.2, 0) is 13.0 Å². The van der Waals surface area contributed by atoms with Gasteiger partial charge in [0, 0.05) is 50.5 Å². The van der Waals surface area contributed by atoms with Crippen molar-refractivity contribution in [1.29, 1.82) is 0 Å². The van der Waals surface area contributed by atoms with E-state index < -0.39 is 0 Å². The molecule has 0 unspecified atom stereocenters. The average Bonchev–Trinajstić information content (AvgIpc) is 2.94. The summed E-state index contributed by atoms with van der Waals surface area (Å²) in [5.74, 6) is 3.96. The average molecular weight is 486 g/mol. The third-order valence-corrected chi connectivity index (χ3v) is 6.38. The minimum Gasteiger partial charge on any atom is -0.493 e. The van der Waals surface area contributed by atoms with Gasteiger partial charge in [0.15, 0.2) is 11.5 Å². The molecule has 9 heteroatoms. The van der Waals surface area contributed by atoms with Crippen molar-refractivity contribution in [2.75, 3.05) is 57.2 Å². The lowest BCUT2D eigenvalue weighted by Crippen LogP contribution is -2.46. The summed E-state index contributed by atoms with van der Waals surface area (Å²) in [6.45, 7) is 5.04. The molecule has 0 bridgehead atoms. The van der Waals surface area contributed by atoms with Gasteiger partial charge in [-0.15, -0.1) is 0 Å². The Bertz CT molecular complexity index is 1290. The van der Waals surface area contributed by atoms with Gasteiger partial charge in [-0.2, -0.15) is 0 Å². The molecule has 0 spiro atoms. The third-order valence-electron chi connectivity index (χ3n) is 6.38. The maximum atomic E-state index is 5.44. The standard InChI is InChI=1S/C27H31N7O2/c1-35-23-9-8-20(18-24(23)36-2)10-13-28-26-21-6-3-4-7-22(21)31-25(32-26)19-33-14-16-34(17-15-33)27-29-11-5-12-30-27/h3-9,11-12,18H,10,13-17,19H2,1-2H3,(H,28,31,32). The number of methoxy groups -OCH3 is 2. The summed E-state index contributed by atoms with van der Waals surface area (Å²) in [7, 11) is 3.30. The Balaban J connectivity index is 1.25. The summed E-state index contributed by atoms with van der Waals surface area (Å²) in [4.78, 5) is 23.1. The minimum absolute atomic E-state index is 0.707. The number of ether oxygens (including phenoxy) is 2. The highest BCUT2D eigenvalue weighted by Gasteiger charge is 2.20. The molecule has 5 rings (SSSR count). The molecule has 1 saturated heterocycles. The summed E-state index contributed by atoms with van der Waals surface area (Å²) in [5.41, 5.74) is 2.12. The van der Waals surface area contributed by atoms with Crippen molar-refractivity contribution in [3.8, 4) is 11.5 Å². The predicted molar refractivity (Wildman–Crippen MR) is 141 cm³/mol. The lowest BCUT2D eigenvalue weighted by molar-refractivity contribution is 0.243. The van der Waals surface area contributed by atoms with Crippen molar-refractivity contribution in [3.05, 3.63) is 72.3 Å². The number of hydrogen-bond donors (Lipinski definition) is 1. The Kier molecular flexibility index (Phi) is 7.37. The highest BCUT2D eigenvalue weighted by Crippen LogP contribution is 2.28. The zero-order valence-electron chi connectivity index (χ0n) is 20.7. The van der Waals surface area contributed by atoms with Gasteiger partial charge in [-0.3, -0.25) is 4.90 Å². The molecule has 1 aliphatic heterocycles. The molecule has 4 aromatic rings. The lowest BCUT2D eigenvalue weighted by atomic mass is 10.1. The Morgan fingerprint density at radius 2 is 1.64 bits per heavy atom. The Morgan fingerprint density at radius 1 is 0.861 bits per heavy atom. The molecular formula is C27H31N7O2. The maximum absolute atomic E-state index is 5.44. The molecule has 0 amide bonds. The first-order valence-corrected chi connectivity index (χ1v) is 12.2. The number of benzene rings is 2. The molecule has 1 aliphatic rings. The van der Waals surface area contributed by atoms with Crippen LogP contribution in [0, 0.1) is 0 Å². The van der Waals surface area contributed by atoms with E-state index in [0.29, 0.717) is 6.54 Å². The Labute approximate surface area is 211 Å². The number of para-hydroxylation sites is 1. The van der Waals surface area contributed by atoms with E-state index in [2.05, 4.69) is 37.2 Å². The fourth-order valence-electron chi connectivity index (χ4n) is 4.45. The van der Waals surface area contributed by atoms with Gasteiger partial charge in [0.25, 0.3) is 0 Å². The van der Waals surface area contributed by atoms with Crippen molar-refractivity contribution in [1.82, 2.24) is 24.8 Å².